The number of hydrogen-bond donors (Lipinski definition) is 2. The van der Waals surface area contributed by atoms with Crippen molar-refractivity contribution in [2.75, 3.05) is 34.3 Å². The highest BCUT2D eigenvalue weighted by Crippen LogP contribution is 2.24. The summed E-state index contributed by atoms with van der Waals surface area (Å²) in [6.07, 6.45) is 9.20. The van der Waals surface area contributed by atoms with E-state index >= 15 is 0 Å². The van der Waals surface area contributed by atoms with E-state index in [0.717, 1.165) is 17.9 Å². The summed E-state index contributed by atoms with van der Waals surface area (Å²) in [6, 6.07) is 8.57. The van der Waals surface area contributed by atoms with Gasteiger partial charge in [0.1, 0.15) is 24.3 Å². The van der Waals surface area contributed by atoms with Crippen LogP contribution in [0, 0.1) is 5.92 Å². The zero-order valence-corrected chi connectivity index (χ0v) is 17.8. The molecule has 11 heteroatoms. The summed E-state index contributed by atoms with van der Waals surface area (Å²) in [5, 5.41) is 2.89. The Bertz CT molecular complexity index is 1160. The largest absolute Gasteiger partial charge is 0.356 e. The number of aromatic nitrogens is 4. The minimum Gasteiger partial charge on any atom is -0.356 e. The van der Waals surface area contributed by atoms with Gasteiger partial charge in [0, 0.05) is 43.2 Å². The molecule has 1 fully saturated rings. The van der Waals surface area contributed by atoms with E-state index in [-0.39, 0.29) is 11.8 Å². The van der Waals surface area contributed by atoms with Crippen LogP contribution in [0.15, 0.2) is 55.4 Å². The number of benzene rings is 1. The zero-order valence-electron chi connectivity index (χ0n) is 17.0. The maximum atomic E-state index is 12.7. The summed E-state index contributed by atoms with van der Waals surface area (Å²) < 4.78 is 27.0. The topological polar surface area (TPSA) is 122 Å². The molecule has 3 heterocycles. The summed E-state index contributed by atoms with van der Waals surface area (Å²) in [5.74, 6) is 1.36. The molecule has 1 amide bonds. The van der Waals surface area contributed by atoms with E-state index in [0.29, 0.717) is 37.3 Å². The highest BCUT2D eigenvalue weighted by atomic mass is 32.2. The Hall–Kier alpha value is -3.47. The van der Waals surface area contributed by atoms with Crippen molar-refractivity contribution in [1.29, 1.82) is 0 Å². The molecule has 1 aliphatic rings. The van der Waals surface area contributed by atoms with E-state index in [2.05, 4.69) is 29.9 Å². The molecule has 4 rings (SSSR count). The van der Waals surface area contributed by atoms with Gasteiger partial charge in [0.05, 0.1) is 11.9 Å². The predicted molar refractivity (Wildman–Crippen MR) is 118 cm³/mol. The van der Waals surface area contributed by atoms with Crippen LogP contribution in [0.2, 0.25) is 0 Å². The Morgan fingerprint density at radius 2 is 1.84 bits per heavy atom. The van der Waals surface area contributed by atoms with Crippen LogP contribution in [-0.4, -0.2) is 53.2 Å². The molecule has 31 heavy (non-hydrogen) atoms. The molecule has 0 radical (unpaired) electrons. The number of rotatable bonds is 6. The van der Waals surface area contributed by atoms with Gasteiger partial charge in [-0.2, -0.15) is 0 Å². The molecule has 0 saturated carbocycles. The van der Waals surface area contributed by atoms with E-state index in [1.807, 2.05) is 16.8 Å². The molecular formula is C20H23N7O3S. The van der Waals surface area contributed by atoms with Crippen molar-refractivity contribution in [2.24, 2.45) is 5.92 Å². The lowest BCUT2D eigenvalue weighted by Gasteiger charge is -2.32. The maximum absolute atomic E-state index is 12.7. The van der Waals surface area contributed by atoms with Gasteiger partial charge < -0.3 is 10.2 Å². The van der Waals surface area contributed by atoms with Crippen molar-refractivity contribution in [3.63, 3.8) is 0 Å². The smallest absolute Gasteiger partial charge is 0.229 e. The highest BCUT2D eigenvalue weighted by molar-refractivity contribution is 7.92. The number of imidazole rings is 1. The van der Waals surface area contributed by atoms with Gasteiger partial charge in [0.25, 0.3) is 0 Å². The third-order valence-corrected chi connectivity index (χ3v) is 5.64. The van der Waals surface area contributed by atoms with Crippen LogP contribution in [-0.2, 0) is 14.8 Å². The van der Waals surface area contributed by atoms with Crippen LogP contribution >= 0.6 is 0 Å². The lowest BCUT2D eigenvalue weighted by molar-refractivity contribution is -0.120. The van der Waals surface area contributed by atoms with E-state index in [1.54, 1.807) is 36.8 Å². The first-order chi connectivity index (χ1) is 14.9. The van der Waals surface area contributed by atoms with Crippen LogP contribution in [0.3, 0.4) is 0 Å². The second-order valence-electron chi connectivity index (χ2n) is 7.41. The molecule has 162 valence electrons. The number of nitrogens with zero attached hydrogens (tertiary/aromatic N) is 5. The molecule has 0 aliphatic carbocycles. The quantitative estimate of drug-likeness (QED) is 0.599. The molecule has 2 aromatic heterocycles. The highest BCUT2D eigenvalue weighted by Gasteiger charge is 2.26. The Morgan fingerprint density at radius 3 is 2.55 bits per heavy atom. The summed E-state index contributed by atoms with van der Waals surface area (Å²) in [4.78, 5) is 27.5. The van der Waals surface area contributed by atoms with Crippen LogP contribution < -0.4 is 14.9 Å². The average Bonchev–Trinajstić information content (AvgIpc) is 3.28. The molecule has 0 spiro atoms. The first kappa shape index (κ1) is 20.8. The lowest BCUT2D eigenvalue weighted by Crippen LogP contribution is -2.38. The van der Waals surface area contributed by atoms with Crippen LogP contribution in [0.25, 0.3) is 5.82 Å². The number of carbonyl (C=O) groups is 1. The molecular weight excluding hydrogens is 418 g/mol. The number of sulfonamides is 1. The fourth-order valence-corrected chi connectivity index (χ4v) is 4.09. The minimum absolute atomic E-state index is 0.0713. The summed E-state index contributed by atoms with van der Waals surface area (Å²) >= 11 is 0. The number of amides is 1. The first-order valence-corrected chi connectivity index (χ1v) is 11.7. The second kappa shape index (κ2) is 8.72. The fraction of sp³-hybridized carbons (Fsp3) is 0.300. The normalized spacial score (nSPS) is 14.9. The molecule has 1 aliphatic heterocycles. The van der Waals surface area contributed by atoms with E-state index in [9.17, 15) is 13.2 Å². The number of anilines is 3. The third kappa shape index (κ3) is 5.37. The Kier molecular flexibility index (Phi) is 5.85. The van der Waals surface area contributed by atoms with E-state index < -0.39 is 10.0 Å². The van der Waals surface area contributed by atoms with Gasteiger partial charge in [-0.15, -0.1) is 0 Å². The molecule has 1 saturated heterocycles. The third-order valence-electron chi connectivity index (χ3n) is 5.03. The SMILES string of the molecule is CS(=O)(=O)Nc1cccc(NC(=O)C2CCN(c3cc(-n4ccnc4)ncn3)CC2)c1. The zero-order chi connectivity index (χ0) is 21.8. The lowest BCUT2D eigenvalue weighted by atomic mass is 9.96. The number of carbonyl (C=O) groups excluding carboxylic acids is 1. The van der Waals surface area contributed by atoms with Gasteiger partial charge in [0.2, 0.25) is 15.9 Å². The van der Waals surface area contributed by atoms with Gasteiger partial charge in [-0.25, -0.2) is 23.4 Å². The Morgan fingerprint density at radius 1 is 1.10 bits per heavy atom. The van der Waals surface area contributed by atoms with Crippen molar-refractivity contribution in [3.8, 4) is 5.82 Å². The molecule has 2 N–H and O–H groups in total. The molecule has 0 unspecified atom stereocenters. The van der Waals surface area contributed by atoms with E-state index in [1.165, 1.54) is 6.33 Å². The van der Waals surface area contributed by atoms with Crippen molar-refractivity contribution < 1.29 is 13.2 Å². The standard InChI is InChI=1S/C20H23N7O3S/c1-31(29,30)25-17-4-2-3-16(11-17)24-20(28)15-5-8-26(9-6-15)18-12-19(23-13-22-18)27-10-7-21-14-27/h2-4,7,10-15,25H,5-6,8-9H2,1H3,(H,24,28). The van der Waals surface area contributed by atoms with Crippen molar-refractivity contribution >= 4 is 33.1 Å². The Balaban J connectivity index is 1.35. The summed E-state index contributed by atoms with van der Waals surface area (Å²) in [5.41, 5.74) is 0.967. The molecule has 0 bridgehead atoms. The summed E-state index contributed by atoms with van der Waals surface area (Å²) in [6.45, 7) is 1.41. The van der Waals surface area contributed by atoms with Crippen LogP contribution in [0.5, 0.6) is 0 Å². The minimum atomic E-state index is -3.38. The Labute approximate surface area is 180 Å². The number of nitrogens with one attached hydrogen (secondary N) is 2. The number of piperidine rings is 1. The van der Waals surface area contributed by atoms with Gasteiger partial charge >= 0.3 is 0 Å². The second-order valence-corrected chi connectivity index (χ2v) is 9.16. The van der Waals surface area contributed by atoms with Crippen LogP contribution in [0.4, 0.5) is 17.2 Å². The molecule has 3 aromatic rings. The van der Waals surface area contributed by atoms with E-state index in [4.69, 9.17) is 0 Å². The molecule has 0 atom stereocenters. The predicted octanol–water partition coefficient (Wildman–Crippen LogP) is 1.89. The van der Waals surface area contributed by atoms with Gasteiger partial charge in [-0.1, -0.05) is 6.07 Å². The van der Waals surface area contributed by atoms with Gasteiger partial charge in [-0.05, 0) is 31.0 Å². The van der Waals surface area contributed by atoms with Crippen molar-refractivity contribution in [3.05, 3.63) is 55.4 Å². The maximum Gasteiger partial charge on any atom is 0.229 e. The molecule has 1 aromatic carbocycles. The average molecular weight is 442 g/mol. The number of hydrogen-bond acceptors (Lipinski definition) is 7. The first-order valence-electron chi connectivity index (χ1n) is 9.81. The fourth-order valence-electron chi connectivity index (χ4n) is 3.54. The van der Waals surface area contributed by atoms with Crippen molar-refractivity contribution in [1.82, 2.24) is 19.5 Å². The van der Waals surface area contributed by atoms with Crippen LogP contribution in [0.1, 0.15) is 12.8 Å². The monoisotopic (exact) mass is 441 g/mol. The van der Waals surface area contributed by atoms with Crippen molar-refractivity contribution in [2.45, 2.75) is 12.8 Å². The van der Waals surface area contributed by atoms with Gasteiger partial charge in [0.15, 0.2) is 0 Å². The summed E-state index contributed by atoms with van der Waals surface area (Å²) in [7, 11) is -3.38. The molecule has 10 nitrogen and oxygen atoms in total. The van der Waals surface area contributed by atoms with Gasteiger partial charge in [-0.3, -0.25) is 14.1 Å².